The first-order valence-electron chi connectivity index (χ1n) is 6.81. The first kappa shape index (κ1) is 17.0. The second-order valence-corrected chi connectivity index (χ2v) is 6.08. The molecule has 1 aromatic carbocycles. The van der Waals surface area contributed by atoms with E-state index in [2.05, 4.69) is 9.47 Å². The van der Waals surface area contributed by atoms with Crippen molar-refractivity contribution in [2.45, 2.75) is 39.1 Å². The minimum absolute atomic E-state index is 0.150. The van der Waals surface area contributed by atoms with Crippen LogP contribution in [0.1, 0.15) is 26.3 Å². The molecule has 1 unspecified atom stereocenters. The third kappa shape index (κ3) is 4.30. The highest BCUT2D eigenvalue weighted by molar-refractivity contribution is 5.94. The highest BCUT2D eigenvalue weighted by Crippen LogP contribution is 2.41. The van der Waals surface area contributed by atoms with E-state index in [4.69, 9.17) is 4.74 Å². The third-order valence-electron chi connectivity index (χ3n) is 2.89. The van der Waals surface area contributed by atoms with Gasteiger partial charge in [0.2, 0.25) is 0 Å². The van der Waals surface area contributed by atoms with Crippen LogP contribution in [-0.2, 0) is 20.7 Å². The smallest absolute Gasteiger partial charge is 0.481 e. The molecule has 2 rings (SSSR count). The summed E-state index contributed by atoms with van der Waals surface area (Å²) in [5.41, 5.74) is -0.495. The molecule has 1 heterocycles. The van der Waals surface area contributed by atoms with Gasteiger partial charge in [0, 0.05) is 0 Å². The number of carboxylic acids is 1. The standard InChI is InChI=1S/C15H16F2O6/c1-14(2,3)23-13(20)9(12(18)19)6-8-4-5-10-11(7-8)22-15(16,17)21-10/h4-5,7,9H,6H2,1-3H3,(H,18,19). The Morgan fingerprint density at radius 3 is 2.43 bits per heavy atom. The van der Waals surface area contributed by atoms with Crippen LogP contribution in [0.3, 0.4) is 0 Å². The van der Waals surface area contributed by atoms with Gasteiger partial charge < -0.3 is 19.3 Å². The van der Waals surface area contributed by atoms with Crippen molar-refractivity contribution >= 4 is 11.9 Å². The van der Waals surface area contributed by atoms with Gasteiger partial charge in [-0.25, -0.2) is 0 Å². The van der Waals surface area contributed by atoms with Gasteiger partial charge in [-0.3, -0.25) is 9.59 Å². The van der Waals surface area contributed by atoms with Crippen LogP contribution < -0.4 is 9.47 Å². The monoisotopic (exact) mass is 330 g/mol. The van der Waals surface area contributed by atoms with Gasteiger partial charge in [-0.2, -0.15) is 0 Å². The minimum atomic E-state index is -3.75. The molecule has 1 aromatic rings. The quantitative estimate of drug-likeness (QED) is 0.675. The molecule has 1 aliphatic rings. The summed E-state index contributed by atoms with van der Waals surface area (Å²) in [5.74, 6) is -4.06. The number of ether oxygens (including phenoxy) is 3. The topological polar surface area (TPSA) is 82.1 Å². The van der Waals surface area contributed by atoms with Gasteiger partial charge in [0.15, 0.2) is 17.4 Å². The van der Waals surface area contributed by atoms with Gasteiger partial charge in [-0.05, 0) is 44.9 Å². The molecule has 0 bridgehead atoms. The predicted octanol–water partition coefficient (Wildman–Crippen LogP) is 2.59. The Bertz CT molecular complexity index is 635. The Hall–Kier alpha value is -2.38. The first-order chi connectivity index (χ1) is 10.5. The first-order valence-corrected chi connectivity index (χ1v) is 6.81. The van der Waals surface area contributed by atoms with E-state index in [0.717, 1.165) is 0 Å². The Kier molecular flexibility index (Phi) is 4.19. The molecule has 1 N–H and O–H groups in total. The Balaban J connectivity index is 2.16. The third-order valence-corrected chi connectivity index (χ3v) is 2.89. The van der Waals surface area contributed by atoms with Gasteiger partial charge in [0.1, 0.15) is 5.60 Å². The molecule has 0 aromatic heterocycles. The van der Waals surface area contributed by atoms with Gasteiger partial charge in [-0.1, -0.05) is 6.07 Å². The van der Waals surface area contributed by atoms with Crippen molar-refractivity contribution < 1.29 is 37.7 Å². The SMILES string of the molecule is CC(C)(C)OC(=O)C(Cc1ccc2c(c1)OC(F)(F)O2)C(=O)O. The van der Waals surface area contributed by atoms with Crippen LogP contribution in [-0.4, -0.2) is 28.9 Å². The summed E-state index contributed by atoms with van der Waals surface area (Å²) in [6.45, 7) is 4.85. The molecular weight excluding hydrogens is 314 g/mol. The number of benzene rings is 1. The number of alkyl halides is 2. The summed E-state index contributed by atoms with van der Waals surface area (Å²) in [5, 5.41) is 9.20. The van der Waals surface area contributed by atoms with Crippen LogP contribution in [0, 0.1) is 5.92 Å². The van der Waals surface area contributed by atoms with E-state index >= 15 is 0 Å². The zero-order chi connectivity index (χ0) is 17.4. The molecular formula is C15H16F2O6. The number of hydrogen-bond acceptors (Lipinski definition) is 5. The molecule has 8 heteroatoms. The fourth-order valence-electron chi connectivity index (χ4n) is 2.00. The van der Waals surface area contributed by atoms with Crippen molar-refractivity contribution in [2.24, 2.45) is 5.92 Å². The summed E-state index contributed by atoms with van der Waals surface area (Å²) in [7, 11) is 0. The summed E-state index contributed by atoms with van der Waals surface area (Å²) in [4.78, 5) is 23.3. The number of aliphatic carboxylic acids is 1. The second-order valence-electron chi connectivity index (χ2n) is 6.08. The largest absolute Gasteiger partial charge is 0.586 e. The number of halogens is 2. The average Bonchev–Trinajstić information content (AvgIpc) is 2.66. The van der Waals surface area contributed by atoms with Crippen LogP contribution in [0.2, 0.25) is 0 Å². The highest BCUT2D eigenvalue weighted by atomic mass is 19.3. The zero-order valence-electron chi connectivity index (χ0n) is 12.8. The molecule has 1 atom stereocenters. The van der Waals surface area contributed by atoms with Crippen molar-refractivity contribution in [3.63, 3.8) is 0 Å². The summed E-state index contributed by atoms with van der Waals surface area (Å²) in [6, 6.07) is 3.85. The average molecular weight is 330 g/mol. The molecule has 0 saturated carbocycles. The van der Waals surface area contributed by atoms with Crippen LogP contribution >= 0.6 is 0 Å². The number of carboxylic acid groups (broad SMARTS) is 1. The molecule has 1 aliphatic heterocycles. The number of hydrogen-bond donors (Lipinski definition) is 1. The molecule has 0 radical (unpaired) electrons. The van der Waals surface area contributed by atoms with Gasteiger partial charge >= 0.3 is 18.2 Å². The molecule has 6 nitrogen and oxygen atoms in total. The summed E-state index contributed by atoms with van der Waals surface area (Å²) < 4.78 is 39.5. The van der Waals surface area contributed by atoms with E-state index in [-0.39, 0.29) is 17.9 Å². The van der Waals surface area contributed by atoms with Gasteiger partial charge in [-0.15, -0.1) is 8.78 Å². The lowest BCUT2D eigenvalue weighted by Gasteiger charge is -2.22. The minimum Gasteiger partial charge on any atom is -0.481 e. The van der Waals surface area contributed by atoms with Gasteiger partial charge in [0.05, 0.1) is 0 Å². The van der Waals surface area contributed by atoms with Crippen molar-refractivity contribution in [3.8, 4) is 11.5 Å². The zero-order valence-corrected chi connectivity index (χ0v) is 12.8. The maximum Gasteiger partial charge on any atom is 0.586 e. The Labute approximate surface area is 130 Å². The molecule has 0 fully saturated rings. The molecule has 126 valence electrons. The Morgan fingerprint density at radius 2 is 1.87 bits per heavy atom. The fourth-order valence-corrected chi connectivity index (χ4v) is 2.00. The summed E-state index contributed by atoms with van der Waals surface area (Å²) >= 11 is 0. The van der Waals surface area contributed by atoms with E-state index in [1.54, 1.807) is 20.8 Å². The number of carbonyl (C=O) groups excluding carboxylic acids is 1. The number of rotatable bonds is 4. The molecule has 23 heavy (non-hydrogen) atoms. The normalized spacial score (nSPS) is 16.7. The predicted molar refractivity (Wildman–Crippen MR) is 73.3 cm³/mol. The lowest BCUT2D eigenvalue weighted by molar-refractivity contribution is -0.286. The highest BCUT2D eigenvalue weighted by Gasteiger charge is 2.43. The fraction of sp³-hybridized carbons (Fsp3) is 0.467. The Morgan fingerprint density at radius 1 is 1.26 bits per heavy atom. The summed E-state index contributed by atoms with van der Waals surface area (Å²) in [6.07, 6.45) is -3.97. The van der Waals surface area contributed by atoms with Crippen molar-refractivity contribution in [1.29, 1.82) is 0 Å². The van der Waals surface area contributed by atoms with Crippen molar-refractivity contribution in [2.75, 3.05) is 0 Å². The van der Waals surface area contributed by atoms with Gasteiger partial charge in [0.25, 0.3) is 0 Å². The van der Waals surface area contributed by atoms with E-state index in [0.29, 0.717) is 5.56 Å². The van der Waals surface area contributed by atoms with Crippen molar-refractivity contribution in [1.82, 2.24) is 0 Å². The maximum atomic E-state index is 13.0. The second kappa shape index (κ2) is 5.68. The number of esters is 1. The van der Waals surface area contributed by atoms with Crippen LogP contribution in [0.4, 0.5) is 8.78 Å². The maximum absolute atomic E-state index is 13.0. The lowest BCUT2D eigenvalue weighted by Crippen LogP contribution is -2.33. The molecule has 0 saturated heterocycles. The van der Waals surface area contributed by atoms with E-state index in [9.17, 15) is 23.5 Å². The number of carbonyl (C=O) groups is 2. The van der Waals surface area contributed by atoms with E-state index < -0.39 is 29.8 Å². The van der Waals surface area contributed by atoms with Crippen molar-refractivity contribution in [3.05, 3.63) is 23.8 Å². The number of fused-ring (bicyclic) bond motifs is 1. The van der Waals surface area contributed by atoms with Crippen LogP contribution in [0.25, 0.3) is 0 Å². The lowest BCUT2D eigenvalue weighted by atomic mass is 9.99. The van der Waals surface area contributed by atoms with E-state index in [1.807, 2.05) is 0 Å². The molecule has 0 amide bonds. The van der Waals surface area contributed by atoms with E-state index in [1.165, 1.54) is 18.2 Å². The molecule has 0 spiro atoms. The van der Waals surface area contributed by atoms with Crippen LogP contribution in [0.15, 0.2) is 18.2 Å². The molecule has 0 aliphatic carbocycles. The van der Waals surface area contributed by atoms with Crippen LogP contribution in [0.5, 0.6) is 11.5 Å².